The van der Waals surface area contributed by atoms with Crippen LogP contribution in [0.4, 0.5) is 5.95 Å². The number of anilines is 1. The van der Waals surface area contributed by atoms with E-state index in [1.807, 2.05) is 17.5 Å². The molecule has 20 heavy (non-hydrogen) atoms. The monoisotopic (exact) mass is 304 g/mol. The van der Waals surface area contributed by atoms with Gasteiger partial charge in [-0.2, -0.15) is 9.67 Å². The third-order valence-electron chi connectivity index (χ3n) is 2.67. The van der Waals surface area contributed by atoms with Crippen LogP contribution >= 0.6 is 22.9 Å². The van der Waals surface area contributed by atoms with Crippen LogP contribution in [-0.4, -0.2) is 20.7 Å². The number of aromatic nitrogens is 3. The summed E-state index contributed by atoms with van der Waals surface area (Å²) in [5, 5.41) is 6.47. The first-order valence-corrected chi connectivity index (χ1v) is 6.98. The molecule has 2 N–H and O–H groups in total. The fraction of sp³-hybridized carbons (Fsp3) is 0. The molecule has 0 amide bonds. The van der Waals surface area contributed by atoms with E-state index < -0.39 is 0 Å². The van der Waals surface area contributed by atoms with Crippen LogP contribution in [-0.2, 0) is 0 Å². The van der Waals surface area contributed by atoms with Crippen LogP contribution < -0.4 is 5.73 Å². The van der Waals surface area contributed by atoms with E-state index in [4.69, 9.17) is 17.3 Å². The van der Waals surface area contributed by atoms with Crippen molar-refractivity contribution >= 4 is 34.8 Å². The molecule has 2 heterocycles. The van der Waals surface area contributed by atoms with Gasteiger partial charge in [-0.1, -0.05) is 29.8 Å². The van der Waals surface area contributed by atoms with Crippen LogP contribution in [0.15, 0.2) is 41.8 Å². The van der Waals surface area contributed by atoms with Crippen molar-refractivity contribution in [2.45, 2.75) is 0 Å². The zero-order valence-electron chi connectivity index (χ0n) is 10.2. The van der Waals surface area contributed by atoms with Gasteiger partial charge in [0.25, 0.3) is 5.91 Å². The number of hydrogen-bond donors (Lipinski definition) is 1. The molecule has 1 aromatic carbocycles. The molecule has 0 spiro atoms. The number of carbonyl (C=O) groups is 1. The van der Waals surface area contributed by atoms with Crippen LogP contribution in [0, 0.1) is 0 Å². The minimum Gasteiger partial charge on any atom is -0.368 e. The summed E-state index contributed by atoms with van der Waals surface area (Å²) in [6.07, 6.45) is 0. The predicted octanol–water partition coefficient (Wildman–Crippen LogP) is 2.93. The molecule has 0 aliphatic heterocycles. The summed E-state index contributed by atoms with van der Waals surface area (Å²) in [6.45, 7) is 0. The Bertz CT molecular complexity index is 767. The zero-order chi connectivity index (χ0) is 14.1. The molecule has 0 saturated heterocycles. The van der Waals surface area contributed by atoms with Gasteiger partial charge >= 0.3 is 0 Å². The first kappa shape index (κ1) is 12.8. The van der Waals surface area contributed by atoms with E-state index >= 15 is 0 Å². The molecule has 3 rings (SSSR count). The molecule has 100 valence electrons. The largest absolute Gasteiger partial charge is 0.368 e. The van der Waals surface area contributed by atoms with E-state index in [2.05, 4.69) is 10.1 Å². The zero-order valence-corrected chi connectivity index (χ0v) is 11.7. The van der Waals surface area contributed by atoms with Gasteiger partial charge in [0.15, 0.2) is 5.82 Å². The molecule has 0 aliphatic carbocycles. The maximum absolute atomic E-state index is 12.2. The minimum atomic E-state index is -0.302. The normalized spacial score (nSPS) is 10.7. The van der Waals surface area contributed by atoms with Crippen LogP contribution in [0.3, 0.4) is 0 Å². The van der Waals surface area contributed by atoms with E-state index in [0.717, 1.165) is 4.68 Å². The Morgan fingerprint density at radius 1 is 1.25 bits per heavy atom. The van der Waals surface area contributed by atoms with Gasteiger partial charge in [-0.3, -0.25) is 4.79 Å². The second-order valence-corrected chi connectivity index (χ2v) is 5.32. The third-order valence-corrected chi connectivity index (χ3v) is 3.86. The van der Waals surface area contributed by atoms with Crippen molar-refractivity contribution in [3.63, 3.8) is 0 Å². The number of benzene rings is 1. The lowest BCUT2D eigenvalue weighted by Gasteiger charge is -1.98. The lowest BCUT2D eigenvalue weighted by atomic mass is 10.2. The Balaban J connectivity index is 2.04. The molecule has 3 aromatic rings. The van der Waals surface area contributed by atoms with E-state index in [-0.39, 0.29) is 11.9 Å². The van der Waals surface area contributed by atoms with Crippen molar-refractivity contribution in [3.8, 4) is 11.4 Å². The highest BCUT2D eigenvalue weighted by atomic mass is 35.5. The van der Waals surface area contributed by atoms with Gasteiger partial charge in [-0.05, 0) is 23.6 Å². The van der Waals surface area contributed by atoms with Crippen molar-refractivity contribution in [2.24, 2.45) is 0 Å². The number of thiophene rings is 1. The fourth-order valence-electron chi connectivity index (χ4n) is 1.73. The van der Waals surface area contributed by atoms with Crippen molar-refractivity contribution < 1.29 is 4.79 Å². The lowest BCUT2D eigenvalue weighted by Crippen LogP contribution is -2.15. The number of nitrogens with two attached hydrogens (primary N) is 1. The first-order valence-electron chi connectivity index (χ1n) is 5.72. The van der Waals surface area contributed by atoms with E-state index in [1.54, 1.807) is 24.3 Å². The third kappa shape index (κ3) is 2.19. The second-order valence-electron chi connectivity index (χ2n) is 3.97. The van der Waals surface area contributed by atoms with Crippen LogP contribution in [0.25, 0.3) is 11.4 Å². The molecule has 2 aromatic heterocycles. The Hall–Kier alpha value is -2.18. The molecule has 0 fully saturated rings. The standard InChI is InChI=1S/C13H9ClN4OS/c14-9-5-2-1-4-8(9)11-16-13(15)18(17-11)12(19)10-6-3-7-20-10/h1-7H,(H2,15,16,17). The fourth-order valence-corrected chi connectivity index (χ4v) is 2.60. The highest BCUT2D eigenvalue weighted by Crippen LogP contribution is 2.25. The molecule has 0 radical (unpaired) electrons. The van der Waals surface area contributed by atoms with Gasteiger partial charge in [-0.25, -0.2) is 0 Å². The summed E-state index contributed by atoms with van der Waals surface area (Å²) in [4.78, 5) is 16.9. The average Bonchev–Trinajstić information content (AvgIpc) is 3.08. The van der Waals surface area contributed by atoms with Crippen molar-refractivity contribution in [3.05, 3.63) is 51.7 Å². The molecule has 0 aliphatic rings. The molecular weight excluding hydrogens is 296 g/mol. The van der Waals surface area contributed by atoms with Gasteiger partial charge in [0.05, 0.1) is 9.90 Å². The van der Waals surface area contributed by atoms with Crippen molar-refractivity contribution in [2.75, 3.05) is 5.73 Å². The molecule has 5 nitrogen and oxygen atoms in total. The Morgan fingerprint density at radius 2 is 2.05 bits per heavy atom. The maximum atomic E-state index is 12.2. The van der Waals surface area contributed by atoms with E-state index in [9.17, 15) is 4.79 Å². The molecule has 0 bridgehead atoms. The Labute approximate surface area is 123 Å². The Kier molecular flexibility index (Phi) is 3.25. The molecule has 7 heteroatoms. The summed E-state index contributed by atoms with van der Waals surface area (Å²) < 4.78 is 1.09. The van der Waals surface area contributed by atoms with Gasteiger partial charge in [0.1, 0.15) is 0 Å². The molecule has 0 unspecified atom stereocenters. The minimum absolute atomic E-state index is 0.0401. The van der Waals surface area contributed by atoms with Gasteiger partial charge in [0, 0.05) is 5.56 Å². The highest BCUT2D eigenvalue weighted by Gasteiger charge is 2.18. The first-order chi connectivity index (χ1) is 9.66. The highest BCUT2D eigenvalue weighted by molar-refractivity contribution is 7.12. The number of halogens is 1. The number of nitrogens with zero attached hydrogens (tertiary/aromatic N) is 3. The topological polar surface area (TPSA) is 73.8 Å². The maximum Gasteiger partial charge on any atom is 0.291 e. The number of nitrogen functional groups attached to an aromatic ring is 1. The summed E-state index contributed by atoms with van der Waals surface area (Å²) in [5.41, 5.74) is 6.40. The number of carbonyl (C=O) groups excluding carboxylic acids is 1. The lowest BCUT2D eigenvalue weighted by molar-refractivity contribution is 0.0952. The van der Waals surface area contributed by atoms with Crippen LogP contribution in [0.2, 0.25) is 5.02 Å². The Morgan fingerprint density at radius 3 is 2.75 bits per heavy atom. The van der Waals surface area contributed by atoms with Gasteiger partial charge in [-0.15, -0.1) is 16.4 Å². The molecule has 0 atom stereocenters. The second kappa shape index (κ2) is 5.07. The smallest absolute Gasteiger partial charge is 0.291 e. The SMILES string of the molecule is Nc1nc(-c2ccccc2Cl)nn1C(=O)c1cccs1. The van der Waals surface area contributed by atoms with Crippen LogP contribution in [0.5, 0.6) is 0 Å². The summed E-state index contributed by atoms with van der Waals surface area (Å²) in [7, 11) is 0. The van der Waals surface area contributed by atoms with Gasteiger partial charge in [0.2, 0.25) is 5.95 Å². The number of hydrogen-bond acceptors (Lipinski definition) is 5. The van der Waals surface area contributed by atoms with Crippen molar-refractivity contribution in [1.29, 1.82) is 0 Å². The molecular formula is C13H9ClN4OS. The predicted molar refractivity (Wildman–Crippen MR) is 78.9 cm³/mol. The van der Waals surface area contributed by atoms with Crippen molar-refractivity contribution in [1.82, 2.24) is 14.8 Å². The van der Waals surface area contributed by atoms with E-state index in [0.29, 0.717) is 21.3 Å². The molecule has 0 saturated carbocycles. The average molecular weight is 305 g/mol. The quantitative estimate of drug-likeness (QED) is 0.790. The summed E-state index contributed by atoms with van der Waals surface area (Å²) in [5.74, 6) is 0.0691. The van der Waals surface area contributed by atoms with Crippen LogP contribution in [0.1, 0.15) is 9.67 Å². The summed E-state index contributed by atoms with van der Waals surface area (Å²) >= 11 is 7.41. The number of rotatable bonds is 2. The van der Waals surface area contributed by atoms with E-state index in [1.165, 1.54) is 11.3 Å². The van der Waals surface area contributed by atoms with Gasteiger partial charge < -0.3 is 5.73 Å². The summed E-state index contributed by atoms with van der Waals surface area (Å²) in [6, 6.07) is 10.6.